The summed E-state index contributed by atoms with van der Waals surface area (Å²) in [5.41, 5.74) is 1.51. The second kappa shape index (κ2) is 7.09. The molecule has 118 valence electrons. The van der Waals surface area contributed by atoms with E-state index in [1.807, 2.05) is 24.3 Å². The van der Waals surface area contributed by atoms with E-state index in [9.17, 15) is 9.18 Å². The number of carbonyl (C=O) groups is 1. The summed E-state index contributed by atoms with van der Waals surface area (Å²) in [6.07, 6.45) is 5.35. The van der Waals surface area contributed by atoms with Gasteiger partial charge in [0.15, 0.2) is 0 Å². The number of hydrogen-bond donors (Lipinski definition) is 0. The molecular formula is C19H17BrFNO. The molecule has 0 saturated heterocycles. The van der Waals surface area contributed by atoms with Crippen LogP contribution in [0, 0.1) is 5.82 Å². The van der Waals surface area contributed by atoms with E-state index in [4.69, 9.17) is 0 Å². The SMILES string of the molecule is O=C(/C=C/c1cccc(Br)c1)N(Cc1ccccc1F)C1CC1. The zero-order valence-electron chi connectivity index (χ0n) is 12.6. The van der Waals surface area contributed by atoms with Gasteiger partial charge in [0.05, 0.1) is 0 Å². The van der Waals surface area contributed by atoms with Crippen LogP contribution < -0.4 is 0 Å². The highest BCUT2D eigenvalue weighted by Gasteiger charge is 2.31. The molecule has 1 saturated carbocycles. The summed E-state index contributed by atoms with van der Waals surface area (Å²) in [5.74, 6) is -0.336. The lowest BCUT2D eigenvalue weighted by atomic mass is 10.2. The lowest BCUT2D eigenvalue weighted by Gasteiger charge is -2.21. The van der Waals surface area contributed by atoms with Crippen molar-refractivity contribution in [3.05, 3.63) is 76.0 Å². The average molecular weight is 374 g/mol. The van der Waals surface area contributed by atoms with Gasteiger partial charge in [-0.25, -0.2) is 4.39 Å². The molecule has 1 aliphatic rings. The summed E-state index contributed by atoms with van der Waals surface area (Å²) in [7, 11) is 0. The minimum Gasteiger partial charge on any atom is -0.332 e. The molecule has 23 heavy (non-hydrogen) atoms. The van der Waals surface area contributed by atoms with Crippen molar-refractivity contribution < 1.29 is 9.18 Å². The van der Waals surface area contributed by atoms with E-state index in [2.05, 4.69) is 15.9 Å². The molecule has 0 bridgehead atoms. The van der Waals surface area contributed by atoms with E-state index < -0.39 is 0 Å². The van der Waals surface area contributed by atoms with Crippen molar-refractivity contribution in [1.82, 2.24) is 4.90 Å². The van der Waals surface area contributed by atoms with E-state index in [1.54, 1.807) is 35.3 Å². The topological polar surface area (TPSA) is 20.3 Å². The molecule has 3 rings (SSSR count). The first-order chi connectivity index (χ1) is 11.1. The maximum absolute atomic E-state index is 13.8. The van der Waals surface area contributed by atoms with Gasteiger partial charge >= 0.3 is 0 Å². The molecule has 0 atom stereocenters. The summed E-state index contributed by atoms with van der Waals surface area (Å²) in [6, 6.07) is 14.6. The fourth-order valence-corrected chi connectivity index (χ4v) is 2.87. The highest BCUT2D eigenvalue weighted by Crippen LogP contribution is 2.29. The summed E-state index contributed by atoms with van der Waals surface area (Å²) >= 11 is 3.41. The Hall–Kier alpha value is -1.94. The molecule has 1 amide bonds. The molecule has 2 nitrogen and oxygen atoms in total. The zero-order valence-corrected chi connectivity index (χ0v) is 14.2. The molecule has 1 fully saturated rings. The molecule has 2 aromatic rings. The monoisotopic (exact) mass is 373 g/mol. The number of amides is 1. The number of hydrogen-bond acceptors (Lipinski definition) is 1. The fourth-order valence-electron chi connectivity index (χ4n) is 2.46. The van der Waals surface area contributed by atoms with Crippen LogP contribution >= 0.6 is 15.9 Å². The van der Waals surface area contributed by atoms with Crippen LogP contribution in [0.1, 0.15) is 24.0 Å². The molecule has 0 aromatic heterocycles. The van der Waals surface area contributed by atoms with Crippen LogP contribution in [-0.2, 0) is 11.3 Å². The predicted octanol–water partition coefficient (Wildman–Crippen LogP) is 4.79. The Morgan fingerprint density at radius 3 is 2.70 bits per heavy atom. The molecule has 0 aliphatic heterocycles. The van der Waals surface area contributed by atoms with Crippen LogP contribution in [0.2, 0.25) is 0 Å². The van der Waals surface area contributed by atoms with Crippen LogP contribution in [0.25, 0.3) is 6.08 Å². The lowest BCUT2D eigenvalue weighted by molar-refractivity contribution is -0.127. The van der Waals surface area contributed by atoms with Gasteiger partial charge in [0, 0.05) is 28.7 Å². The first-order valence-corrected chi connectivity index (χ1v) is 8.40. The summed E-state index contributed by atoms with van der Waals surface area (Å²) in [5, 5.41) is 0. The highest BCUT2D eigenvalue weighted by atomic mass is 79.9. The number of carbonyl (C=O) groups excluding carboxylic acids is 1. The first-order valence-electron chi connectivity index (χ1n) is 7.61. The summed E-state index contributed by atoms with van der Waals surface area (Å²) in [6.45, 7) is 0.318. The van der Waals surface area contributed by atoms with Gasteiger partial charge in [0.2, 0.25) is 5.91 Å². The van der Waals surface area contributed by atoms with E-state index in [1.165, 1.54) is 6.07 Å². The van der Waals surface area contributed by atoms with Crippen LogP contribution in [0.5, 0.6) is 0 Å². The van der Waals surface area contributed by atoms with Crippen molar-refractivity contribution in [3.8, 4) is 0 Å². The van der Waals surface area contributed by atoms with Crippen LogP contribution in [-0.4, -0.2) is 16.8 Å². The minimum absolute atomic E-state index is 0.0734. The molecule has 2 aromatic carbocycles. The summed E-state index contributed by atoms with van der Waals surface area (Å²) < 4.78 is 14.8. The van der Waals surface area contributed by atoms with Gasteiger partial charge in [-0.15, -0.1) is 0 Å². The predicted molar refractivity (Wildman–Crippen MR) is 93.1 cm³/mol. The molecule has 0 unspecified atom stereocenters. The Bertz CT molecular complexity index is 740. The zero-order chi connectivity index (χ0) is 16.2. The molecule has 0 spiro atoms. The van der Waals surface area contributed by atoms with E-state index in [0.717, 1.165) is 22.9 Å². The van der Waals surface area contributed by atoms with Gasteiger partial charge < -0.3 is 4.90 Å². The van der Waals surface area contributed by atoms with E-state index >= 15 is 0 Å². The number of nitrogens with zero attached hydrogens (tertiary/aromatic N) is 1. The molecular weight excluding hydrogens is 357 g/mol. The van der Waals surface area contributed by atoms with Crippen molar-refractivity contribution in [2.75, 3.05) is 0 Å². The number of halogens is 2. The van der Waals surface area contributed by atoms with E-state index in [0.29, 0.717) is 12.1 Å². The molecule has 4 heteroatoms. The Morgan fingerprint density at radius 2 is 2.00 bits per heavy atom. The summed E-state index contributed by atoms with van der Waals surface area (Å²) in [4.78, 5) is 14.3. The Labute approximate surface area is 143 Å². The molecule has 0 radical (unpaired) electrons. The maximum atomic E-state index is 13.8. The van der Waals surface area contributed by atoms with Gasteiger partial charge in [-0.1, -0.05) is 46.3 Å². The number of rotatable bonds is 5. The average Bonchev–Trinajstić information content (AvgIpc) is 3.37. The Balaban J connectivity index is 1.73. The number of benzene rings is 2. The third-order valence-electron chi connectivity index (χ3n) is 3.84. The van der Waals surface area contributed by atoms with Crippen molar-refractivity contribution in [1.29, 1.82) is 0 Å². The Morgan fingerprint density at radius 1 is 1.22 bits per heavy atom. The van der Waals surface area contributed by atoms with Crippen LogP contribution in [0.4, 0.5) is 4.39 Å². The van der Waals surface area contributed by atoms with Gasteiger partial charge in [0.1, 0.15) is 5.82 Å². The fraction of sp³-hybridized carbons (Fsp3) is 0.211. The first kappa shape index (κ1) is 15.9. The van der Waals surface area contributed by atoms with Gasteiger partial charge in [0.25, 0.3) is 0 Å². The van der Waals surface area contributed by atoms with Crippen molar-refractivity contribution in [2.24, 2.45) is 0 Å². The van der Waals surface area contributed by atoms with Crippen molar-refractivity contribution in [3.63, 3.8) is 0 Å². The third-order valence-corrected chi connectivity index (χ3v) is 4.33. The smallest absolute Gasteiger partial charge is 0.247 e. The maximum Gasteiger partial charge on any atom is 0.247 e. The lowest BCUT2D eigenvalue weighted by Crippen LogP contribution is -2.31. The third kappa shape index (κ3) is 4.29. The molecule has 0 heterocycles. The second-order valence-corrected chi connectivity index (χ2v) is 6.59. The molecule has 1 aliphatic carbocycles. The Kier molecular flexibility index (Phi) is 4.91. The second-order valence-electron chi connectivity index (χ2n) is 5.68. The normalized spacial score (nSPS) is 14.2. The minimum atomic E-state index is -0.262. The van der Waals surface area contributed by atoms with Crippen molar-refractivity contribution >= 4 is 27.9 Å². The van der Waals surface area contributed by atoms with E-state index in [-0.39, 0.29) is 17.8 Å². The molecule has 0 N–H and O–H groups in total. The quantitative estimate of drug-likeness (QED) is 0.689. The highest BCUT2D eigenvalue weighted by molar-refractivity contribution is 9.10. The standard InChI is InChI=1S/C19H17BrFNO/c20-16-6-3-4-14(12-16)8-11-19(23)22(17-9-10-17)13-15-5-1-2-7-18(15)21/h1-8,11-12,17H,9-10,13H2/b11-8+. The van der Waals surface area contributed by atoms with Crippen LogP contribution in [0.15, 0.2) is 59.1 Å². The van der Waals surface area contributed by atoms with Crippen molar-refractivity contribution in [2.45, 2.75) is 25.4 Å². The van der Waals surface area contributed by atoms with Gasteiger partial charge in [-0.2, -0.15) is 0 Å². The van der Waals surface area contributed by atoms with Gasteiger partial charge in [-0.05, 0) is 42.7 Å². The van der Waals surface area contributed by atoms with Crippen LogP contribution in [0.3, 0.4) is 0 Å². The van der Waals surface area contributed by atoms with Gasteiger partial charge in [-0.3, -0.25) is 4.79 Å². The largest absolute Gasteiger partial charge is 0.332 e.